The first-order valence-corrected chi connectivity index (χ1v) is 8.24. The van der Waals surface area contributed by atoms with Gasteiger partial charge in [-0.15, -0.1) is 0 Å². The van der Waals surface area contributed by atoms with Crippen LogP contribution < -0.4 is 0 Å². The Bertz CT molecular complexity index is 454. The smallest absolute Gasteiger partial charge is 0.145 e. The van der Waals surface area contributed by atoms with Gasteiger partial charge in [0, 0.05) is 0 Å². The first-order chi connectivity index (χ1) is 10.7. The molecule has 0 amide bonds. The van der Waals surface area contributed by atoms with Crippen LogP contribution >= 0.6 is 0 Å². The molecular weight excluding hydrogens is 284 g/mol. The molecule has 2 nitrogen and oxygen atoms in total. The van der Waals surface area contributed by atoms with Gasteiger partial charge in [-0.1, -0.05) is 41.9 Å². The van der Waals surface area contributed by atoms with E-state index in [2.05, 4.69) is 46.8 Å². The Labute approximate surface area is 143 Å². The third kappa shape index (κ3) is 20.3. The van der Waals surface area contributed by atoms with Crippen LogP contribution in [0.5, 0.6) is 0 Å². The molecular formula is C21H34O2. The van der Waals surface area contributed by atoms with Crippen LogP contribution in [0, 0.1) is 5.92 Å². The minimum Gasteiger partial charge on any atom is -0.299 e. The standard InChI is InChI=1S/C11H18O.C10H16O/c1-9(2)5-6-10(3)7-11(4)8-12;1-9(2)5-4-6-10(3)7-8-11/h5,7-8,10H,6H2,1-4H3;5,7-8H,4,6H2,1-3H3. The van der Waals surface area contributed by atoms with E-state index >= 15 is 0 Å². The second kappa shape index (κ2) is 15.2. The van der Waals surface area contributed by atoms with Gasteiger partial charge >= 0.3 is 0 Å². The Morgan fingerprint density at radius 2 is 1.48 bits per heavy atom. The van der Waals surface area contributed by atoms with Gasteiger partial charge in [-0.2, -0.15) is 0 Å². The summed E-state index contributed by atoms with van der Waals surface area (Å²) in [6, 6.07) is 0. The van der Waals surface area contributed by atoms with Crippen molar-refractivity contribution >= 4 is 12.6 Å². The third-order valence-corrected chi connectivity index (χ3v) is 3.08. The van der Waals surface area contributed by atoms with E-state index in [9.17, 15) is 9.59 Å². The van der Waals surface area contributed by atoms with Gasteiger partial charge in [-0.25, -0.2) is 0 Å². The fourth-order valence-electron chi connectivity index (χ4n) is 1.77. The van der Waals surface area contributed by atoms with E-state index in [-0.39, 0.29) is 0 Å². The topological polar surface area (TPSA) is 34.1 Å². The van der Waals surface area contributed by atoms with E-state index in [0.29, 0.717) is 5.92 Å². The largest absolute Gasteiger partial charge is 0.299 e. The van der Waals surface area contributed by atoms with E-state index in [4.69, 9.17) is 0 Å². The minimum atomic E-state index is 0.463. The van der Waals surface area contributed by atoms with E-state index < -0.39 is 0 Å². The summed E-state index contributed by atoms with van der Waals surface area (Å²) in [6.07, 6.45) is 12.8. The van der Waals surface area contributed by atoms with E-state index in [1.54, 1.807) is 6.08 Å². The molecule has 0 saturated heterocycles. The van der Waals surface area contributed by atoms with Crippen LogP contribution in [0.3, 0.4) is 0 Å². The molecule has 0 N–H and O–H groups in total. The second-order valence-corrected chi connectivity index (χ2v) is 6.49. The molecule has 0 rings (SSSR count). The molecule has 0 saturated carbocycles. The Kier molecular flexibility index (Phi) is 15.6. The monoisotopic (exact) mass is 318 g/mol. The second-order valence-electron chi connectivity index (χ2n) is 6.49. The molecule has 0 aliphatic rings. The predicted molar refractivity (Wildman–Crippen MR) is 102 cm³/mol. The summed E-state index contributed by atoms with van der Waals surface area (Å²) in [7, 11) is 0. The normalized spacial score (nSPS) is 12.5. The molecule has 1 atom stereocenters. The quantitative estimate of drug-likeness (QED) is 0.312. The maximum absolute atomic E-state index is 10.3. The van der Waals surface area contributed by atoms with Crippen LogP contribution in [0.2, 0.25) is 0 Å². The predicted octanol–water partition coefficient (Wildman–Crippen LogP) is 6.00. The molecule has 2 heteroatoms. The van der Waals surface area contributed by atoms with Crippen molar-refractivity contribution in [1.29, 1.82) is 0 Å². The van der Waals surface area contributed by atoms with Crippen LogP contribution in [0.15, 0.2) is 46.6 Å². The van der Waals surface area contributed by atoms with Crippen LogP contribution in [-0.4, -0.2) is 12.6 Å². The van der Waals surface area contributed by atoms with Crippen molar-refractivity contribution in [3.05, 3.63) is 46.6 Å². The molecule has 0 fully saturated rings. The summed E-state index contributed by atoms with van der Waals surface area (Å²) in [5.41, 5.74) is 4.64. The first kappa shape index (κ1) is 23.6. The Balaban J connectivity index is 0. The van der Waals surface area contributed by atoms with E-state index in [1.807, 2.05) is 19.9 Å². The number of carbonyl (C=O) groups excluding carboxylic acids is 2. The fourth-order valence-corrected chi connectivity index (χ4v) is 1.77. The highest BCUT2D eigenvalue weighted by molar-refractivity contribution is 5.72. The lowest BCUT2D eigenvalue weighted by atomic mass is 10.0. The van der Waals surface area contributed by atoms with Gasteiger partial charge < -0.3 is 0 Å². The molecule has 0 aromatic heterocycles. The van der Waals surface area contributed by atoms with Gasteiger partial charge in [0.05, 0.1) is 0 Å². The van der Waals surface area contributed by atoms with Crippen molar-refractivity contribution in [2.45, 2.75) is 67.7 Å². The summed E-state index contributed by atoms with van der Waals surface area (Å²) >= 11 is 0. The summed E-state index contributed by atoms with van der Waals surface area (Å²) in [5.74, 6) is 0.463. The lowest BCUT2D eigenvalue weighted by Crippen LogP contribution is -1.90. The zero-order valence-electron chi connectivity index (χ0n) is 16.0. The van der Waals surface area contributed by atoms with E-state index in [0.717, 1.165) is 43.0 Å². The summed E-state index contributed by atoms with van der Waals surface area (Å²) < 4.78 is 0. The van der Waals surface area contributed by atoms with Gasteiger partial charge in [0.15, 0.2) is 0 Å². The lowest BCUT2D eigenvalue weighted by Gasteiger charge is -2.02. The number of hydrogen-bond acceptors (Lipinski definition) is 2. The molecule has 0 aliphatic carbocycles. The molecule has 0 aliphatic heterocycles. The zero-order chi connectivity index (χ0) is 18.3. The summed E-state index contributed by atoms with van der Waals surface area (Å²) in [4.78, 5) is 20.3. The Hall–Kier alpha value is -1.70. The van der Waals surface area contributed by atoms with Crippen molar-refractivity contribution in [3.8, 4) is 0 Å². The van der Waals surface area contributed by atoms with Gasteiger partial charge in [-0.3, -0.25) is 9.59 Å². The van der Waals surface area contributed by atoms with Crippen LogP contribution in [0.4, 0.5) is 0 Å². The van der Waals surface area contributed by atoms with Crippen molar-refractivity contribution in [1.82, 2.24) is 0 Å². The Morgan fingerprint density at radius 3 is 1.91 bits per heavy atom. The highest BCUT2D eigenvalue weighted by Gasteiger charge is 1.95. The third-order valence-electron chi connectivity index (χ3n) is 3.08. The van der Waals surface area contributed by atoms with Crippen LogP contribution in [0.25, 0.3) is 0 Å². The van der Waals surface area contributed by atoms with Gasteiger partial charge in [-0.05, 0) is 78.4 Å². The fraction of sp³-hybridized carbons (Fsp3) is 0.524. The molecule has 23 heavy (non-hydrogen) atoms. The minimum absolute atomic E-state index is 0.463. The highest BCUT2D eigenvalue weighted by atomic mass is 16.1. The van der Waals surface area contributed by atoms with Crippen LogP contribution in [-0.2, 0) is 9.59 Å². The number of carbonyl (C=O) groups is 2. The highest BCUT2D eigenvalue weighted by Crippen LogP contribution is 2.08. The molecule has 130 valence electrons. The molecule has 0 radical (unpaired) electrons. The summed E-state index contributed by atoms with van der Waals surface area (Å²) in [5, 5.41) is 0. The molecule has 0 bridgehead atoms. The maximum Gasteiger partial charge on any atom is 0.145 e. The molecule has 0 aromatic carbocycles. The molecule has 0 spiro atoms. The van der Waals surface area contributed by atoms with Gasteiger partial charge in [0.25, 0.3) is 0 Å². The number of hydrogen-bond donors (Lipinski definition) is 0. The SMILES string of the molecule is CC(C)=CCC(C)C=C(C)C=O.CC(C)=CCCC(C)=CC=O. The average Bonchev–Trinajstić information content (AvgIpc) is 2.45. The zero-order valence-corrected chi connectivity index (χ0v) is 16.0. The van der Waals surface area contributed by atoms with Crippen molar-refractivity contribution in [2.75, 3.05) is 0 Å². The Morgan fingerprint density at radius 1 is 0.913 bits per heavy atom. The number of allylic oxidation sites excluding steroid dienone is 8. The van der Waals surface area contributed by atoms with Crippen molar-refractivity contribution in [3.63, 3.8) is 0 Å². The lowest BCUT2D eigenvalue weighted by molar-refractivity contribution is -0.105. The van der Waals surface area contributed by atoms with Gasteiger partial charge in [0.1, 0.15) is 12.6 Å². The van der Waals surface area contributed by atoms with Crippen molar-refractivity contribution < 1.29 is 9.59 Å². The average molecular weight is 319 g/mol. The number of rotatable bonds is 8. The molecule has 1 unspecified atom stereocenters. The van der Waals surface area contributed by atoms with Crippen LogP contribution in [0.1, 0.15) is 67.7 Å². The van der Waals surface area contributed by atoms with Gasteiger partial charge in [0.2, 0.25) is 0 Å². The summed E-state index contributed by atoms with van der Waals surface area (Å²) in [6.45, 7) is 14.3. The van der Waals surface area contributed by atoms with Crippen molar-refractivity contribution in [2.24, 2.45) is 5.92 Å². The molecule has 0 aromatic rings. The maximum atomic E-state index is 10.3. The first-order valence-electron chi connectivity index (χ1n) is 8.24. The number of aldehydes is 2. The molecule has 0 heterocycles. The van der Waals surface area contributed by atoms with E-state index in [1.165, 1.54) is 11.1 Å².